The lowest BCUT2D eigenvalue weighted by Crippen LogP contribution is -2.50. The van der Waals surface area contributed by atoms with E-state index in [1.54, 1.807) is 0 Å². The van der Waals surface area contributed by atoms with Gasteiger partial charge in [-0.1, -0.05) is 12.1 Å². The molecule has 0 N–H and O–H groups in total. The van der Waals surface area contributed by atoms with E-state index >= 15 is 0 Å². The van der Waals surface area contributed by atoms with Crippen molar-refractivity contribution in [2.24, 2.45) is 0 Å². The van der Waals surface area contributed by atoms with Crippen LogP contribution in [0.1, 0.15) is 0 Å². The maximum atomic E-state index is 5.53. The molecule has 4 saturated heterocycles. The minimum Gasteiger partial charge on any atom is -0.371 e. The molecule has 6 nitrogen and oxygen atoms in total. The average Bonchev–Trinajstić information content (AvgIpc) is 3.62. The summed E-state index contributed by atoms with van der Waals surface area (Å²) in [6.07, 6.45) is 1.53. The number of epoxide rings is 4. The highest BCUT2D eigenvalue weighted by atomic mass is 16.6. The van der Waals surface area contributed by atoms with E-state index < -0.39 is 0 Å². The maximum absolute atomic E-state index is 5.53. The molecule has 164 valence electrons. The summed E-state index contributed by atoms with van der Waals surface area (Å²) in [5.74, 6) is 0. The summed E-state index contributed by atoms with van der Waals surface area (Å²) >= 11 is 0. The first kappa shape index (κ1) is 19.7. The number of nitrogens with zero attached hydrogens (tertiary/aromatic N) is 2. The van der Waals surface area contributed by atoms with Crippen molar-refractivity contribution in [2.75, 3.05) is 64.6 Å². The molecule has 0 radical (unpaired) electrons. The molecule has 0 amide bonds. The maximum Gasteiger partial charge on any atom is 0.132 e. The molecule has 0 bridgehead atoms. The number of anilines is 1. The topological polar surface area (TPSA) is 53.4 Å². The zero-order valence-electron chi connectivity index (χ0n) is 18.1. The molecule has 4 unspecified atom stereocenters. The molecule has 0 aliphatic carbocycles. The van der Waals surface area contributed by atoms with Crippen LogP contribution in [0.2, 0.25) is 0 Å². The zero-order valence-corrected chi connectivity index (χ0v) is 18.1. The van der Waals surface area contributed by atoms with Crippen LogP contribution in [0.3, 0.4) is 0 Å². The van der Waals surface area contributed by atoms with Crippen molar-refractivity contribution < 1.29 is 18.9 Å². The Bertz CT molecular complexity index is 872. The Morgan fingerprint density at radius 2 is 1.10 bits per heavy atom. The van der Waals surface area contributed by atoms with Crippen molar-refractivity contribution >= 4 is 11.4 Å². The van der Waals surface area contributed by atoms with Crippen molar-refractivity contribution in [2.45, 2.75) is 24.4 Å². The van der Waals surface area contributed by atoms with Crippen LogP contribution in [-0.2, 0) is 18.9 Å². The number of ether oxygens (including phenoxy) is 4. The summed E-state index contributed by atoms with van der Waals surface area (Å²) in [5, 5.41) is 0. The lowest BCUT2D eigenvalue weighted by molar-refractivity contribution is 0.255. The monoisotopic (exact) mass is 423 g/mol. The fraction of sp³-hybridized carbons (Fsp3) is 0.520. The van der Waals surface area contributed by atoms with Gasteiger partial charge >= 0.3 is 0 Å². The second-order valence-corrected chi connectivity index (χ2v) is 9.58. The minimum atomic E-state index is 0.375. The van der Waals surface area contributed by atoms with E-state index in [-0.39, 0.29) is 0 Å². The Morgan fingerprint density at radius 1 is 0.677 bits per heavy atom. The first-order chi connectivity index (χ1) is 15.1. The normalized spacial score (nSPS) is 29.8. The molecule has 2 aromatic rings. The fourth-order valence-electron chi connectivity index (χ4n) is 4.53. The molecular weight excluding hydrogens is 392 g/mol. The van der Waals surface area contributed by atoms with E-state index in [9.17, 15) is 0 Å². The Balaban J connectivity index is 1.17. The third kappa shape index (κ3) is 4.94. The molecule has 4 fully saturated rings. The van der Waals surface area contributed by atoms with Crippen LogP contribution in [0.5, 0.6) is 0 Å². The molecule has 0 spiro atoms. The van der Waals surface area contributed by atoms with E-state index in [0.29, 0.717) is 24.4 Å². The second kappa shape index (κ2) is 7.87. The van der Waals surface area contributed by atoms with Crippen LogP contribution in [0, 0.1) is 0 Å². The number of hydrogen-bond acceptors (Lipinski definition) is 5. The quantitative estimate of drug-likeness (QED) is 0.411. The van der Waals surface area contributed by atoms with E-state index in [0.717, 1.165) is 57.1 Å². The van der Waals surface area contributed by atoms with Gasteiger partial charge in [-0.15, -0.1) is 0 Å². The first-order valence-electron chi connectivity index (χ1n) is 11.4. The highest BCUT2D eigenvalue weighted by Crippen LogP contribution is 2.32. The molecular formula is C25H31N2O4+. The number of likely N-dealkylation sites (N-methyl/N-ethyl adjacent to an activating group) is 1. The van der Waals surface area contributed by atoms with Crippen LogP contribution in [0.15, 0.2) is 48.5 Å². The van der Waals surface area contributed by atoms with Crippen LogP contribution in [0.4, 0.5) is 11.4 Å². The molecule has 31 heavy (non-hydrogen) atoms. The highest BCUT2D eigenvalue weighted by Gasteiger charge is 2.41. The Kier molecular flexibility index (Phi) is 5.00. The lowest BCUT2D eigenvalue weighted by Gasteiger charge is -2.33. The van der Waals surface area contributed by atoms with Gasteiger partial charge in [0.15, 0.2) is 0 Å². The van der Waals surface area contributed by atoms with Gasteiger partial charge in [0.25, 0.3) is 0 Å². The standard InChI is InChI=1S/C25H31N2O4/c1-27(12-24-16-30-24,13-25-17-31-25)21-8-4-19(5-9-21)18-2-6-20(7-3-18)26(10-22-14-28-22)11-23-15-29-23/h2-9,22-25H,10-17H2,1H3/q+1. The summed E-state index contributed by atoms with van der Waals surface area (Å²) in [7, 11) is 2.30. The van der Waals surface area contributed by atoms with Crippen molar-refractivity contribution in [3.05, 3.63) is 48.5 Å². The van der Waals surface area contributed by atoms with Crippen molar-refractivity contribution in [1.82, 2.24) is 4.48 Å². The predicted molar refractivity (Wildman–Crippen MR) is 121 cm³/mol. The largest absolute Gasteiger partial charge is 0.371 e. The molecule has 2 aromatic carbocycles. The molecule has 6 rings (SSSR count). The Morgan fingerprint density at radius 3 is 1.52 bits per heavy atom. The molecule has 0 aromatic heterocycles. The van der Waals surface area contributed by atoms with Gasteiger partial charge in [0, 0.05) is 18.8 Å². The lowest BCUT2D eigenvalue weighted by atomic mass is 10.0. The first-order valence-corrected chi connectivity index (χ1v) is 11.4. The van der Waals surface area contributed by atoms with Gasteiger partial charge in [-0.05, 0) is 47.5 Å². The number of hydrogen-bond donors (Lipinski definition) is 0. The van der Waals surface area contributed by atoms with Crippen LogP contribution >= 0.6 is 0 Å². The summed E-state index contributed by atoms with van der Waals surface area (Å²) in [4.78, 5) is 2.39. The second-order valence-electron chi connectivity index (χ2n) is 9.58. The van der Waals surface area contributed by atoms with Gasteiger partial charge in [-0.2, -0.15) is 0 Å². The van der Waals surface area contributed by atoms with E-state index in [1.165, 1.54) is 22.5 Å². The van der Waals surface area contributed by atoms with Crippen molar-refractivity contribution in [3.8, 4) is 11.1 Å². The minimum absolute atomic E-state index is 0.375. The van der Waals surface area contributed by atoms with Crippen LogP contribution in [0.25, 0.3) is 11.1 Å². The summed E-state index contributed by atoms with van der Waals surface area (Å²) < 4.78 is 22.8. The number of rotatable bonds is 11. The molecule has 6 heteroatoms. The summed E-state index contributed by atoms with van der Waals surface area (Å²) in [6, 6.07) is 17.9. The fourth-order valence-corrected chi connectivity index (χ4v) is 4.53. The van der Waals surface area contributed by atoms with E-state index in [2.05, 4.69) is 60.5 Å². The van der Waals surface area contributed by atoms with E-state index in [1.807, 2.05) is 0 Å². The number of benzene rings is 2. The molecule has 4 heterocycles. The summed E-state index contributed by atoms with van der Waals surface area (Å²) in [6.45, 7) is 7.45. The van der Waals surface area contributed by atoms with E-state index in [4.69, 9.17) is 18.9 Å². The van der Waals surface area contributed by atoms with Crippen molar-refractivity contribution in [3.63, 3.8) is 0 Å². The number of quaternary nitrogens is 1. The van der Waals surface area contributed by atoms with Gasteiger partial charge in [0.05, 0.1) is 45.7 Å². The van der Waals surface area contributed by atoms with Crippen LogP contribution in [-0.4, -0.2) is 84.1 Å². The smallest absolute Gasteiger partial charge is 0.132 e. The SMILES string of the molecule is C[N+](CC1CO1)(CC1CO1)c1ccc(-c2ccc(N(CC3CO3)CC3CO3)cc2)cc1. The van der Waals surface area contributed by atoms with Gasteiger partial charge in [0.2, 0.25) is 0 Å². The Hall–Kier alpha value is -1.96. The van der Waals surface area contributed by atoms with Crippen molar-refractivity contribution in [1.29, 1.82) is 0 Å². The van der Waals surface area contributed by atoms with Gasteiger partial charge in [0.1, 0.15) is 31.0 Å². The van der Waals surface area contributed by atoms with Gasteiger partial charge in [-0.3, -0.25) is 4.48 Å². The molecule has 4 aliphatic rings. The predicted octanol–water partition coefficient (Wildman–Crippen LogP) is 2.69. The third-order valence-corrected chi connectivity index (χ3v) is 6.73. The van der Waals surface area contributed by atoms with Crippen LogP contribution < -0.4 is 9.38 Å². The zero-order chi connectivity index (χ0) is 20.8. The molecule has 4 aliphatic heterocycles. The Labute approximate surface area is 183 Å². The van der Waals surface area contributed by atoms with Gasteiger partial charge < -0.3 is 23.8 Å². The third-order valence-electron chi connectivity index (χ3n) is 6.73. The van der Waals surface area contributed by atoms with Gasteiger partial charge in [-0.25, -0.2) is 0 Å². The molecule has 0 saturated carbocycles. The molecule has 4 atom stereocenters. The summed E-state index contributed by atoms with van der Waals surface area (Å²) in [5.41, 5.74) is 5.05. The average molecular weight is 424 g/mol. The highest BCUT2D eigenvalue weighted by molar-refractivity contribution is 5.68.